The molecule has 18 heavy (non-hydrogen) atoms. The predicted octanol–water partition coefficient (Wildman–Crippen LogP) is 2.87. The molecule has 0 amide bonds. The fourth-order valence-electron chi connectivity index (χ4n) is 5.43. The molecule has 2 heteroatoms. The molecule has 0 radical (unpaired) electrons. The lowest BCUT2D eigenvalue weighted by Gasteiger charge is -2.48. The zero-order valence-corrected chi connectivity index (χ0v) is 12.2. The summed E-state index contributed by atoms with van der Waals surface area (Å²) in [6, 6.07) is 0.540. The van der Waals surface area contributed by atoms with E-state index in [4.69, 9.17) is 5.73 Å². The maximum Gasteiger partial charge on any atom is 0.0127 e. The van der Waals surface area contributed by atoms with Crippen LogP contribution < -0.4 is 5.73 Å². The van der Waals surface area contributed by atoms with Gasteiger partial charge < -0.3 is 10.6 Å². The van der Waals surface area contributed by atoms with Crippen LogP contribution >= 0.6 is 0 Å². The Hall–Kier alpha value is -0.0800. The van der Waals surface area contributed by atoms with Crippen LogP contribution in [0.5, 0.6) is 0 Å². The first-order valence-electron chi connectivity index (χ1n) is 8.02. The van der Waals surface area contributed by atoms with E-state index in [1.807, 2.05) is 0 Å². The second kappa shape index (κ2) is 4.79. The molecule has 3 fully saturated rings. The Labute approximate surface area is 112 Å². The van der Waals surface area contributed by atoms with Crippen molar-refractivity contribution in [3.8, 4) is 0 Å². The van der Waals surface area contributed by atoms with Gasteiger partial charge >= 0.3 is 0 Å². The van der Waals surface area contributed by atoms with Crippen LogP contribution in [-0.2, 0) is 0 Å². The van der Waals surface area contributed by atoms with Crippen LogP contribution in [0, 0.1) is 23.2 Å². The third-order valence-corrected chi connectivity index (χ3v) is 6.37. The molecule has 3 aliphatic carbocycles. The maximum absolute atomic E-state index is 6.64. The van der Waals surface area contributed by atoms with Gasteiger partial charge in [0, 0.05) is 6.04 Å². The summed E-state index contributed by atoms with van der Waals surface area (Å²) in [7, 11) is 4.39. The van der Waals surface area contributed by atoms with Gasteiger partial charge in [0.2, 0.25) is 0 Å². The first kappa shape index (κ1) is 12.9. The van der Waals surface area contributed by atoms with Crippen molar-refractivity contribution in [2.24, 2.45) is 28.9 Å². The molecule has 5 atom stereocenters. The van der Waals surface area contributed by atoms with Gasteiger partial charge in [-0.2, -0.15) is 0 Å². The lowest BCUT2D eigenvalue weighted by molar-refractivity contribution is 0.0439. The first-order valence-corrected chi connectivity index (χ1v) is 8.02. The molecule has 2 unspecified atom stereocenters. The van der Waals surface area contributed by atoms with Gasteiger partial charge in [0.05, 0.1) is 0 Å². The fourth-order valence-corrected chi connectivity index (χ4v) is 5.43. The van der Waals surface area contributed by atoms with Crippen molar-refractivity contribution in [3.05, 3.63) is 0 Å². The van der Waals surface area contributed by atoms with Gasteiger partial charge in [-0.05, 0) is 82.3 Å². The standard InChI is InChI=1S/C16H30N2/c1-18(2)9-7-12-4-3-8-16(11-12)14-6-5-13(10-14)15(16)17/h12-15H,3-11,17H2,1-2H3/t12-,13?,14?,15-,16-/m1/s1. The topological polar surface area (TPSA) is 29.3 Å². The molecule has 3 aliphatic rings. The van der Waals surface area contributed by atoms with Crippen LogP contribution in [0.25, 0.3) is 0 Å². The molecule has 3 rings (SSSR count). The van der Waals surface area contributed by atoms with Crippen LogP contribution in [0.15, 0.2) is 0 Å². The van der Waals surface area contributed by atoms with Crippen LogP contribution in [0.1, 0.15) is 51.4 Å². The highest BCUT2D eigenvalue weighted by Gasteiger charge is 2.57. The second-order valence-electron chi connectivity index (χ2n) is 7.58. The highest BCUT2D eigenvalue weighted by molar-refractivity contribution is 5.10. The number of nitrogens with two attached hydrogens (primary N) is 1. The van der Waals surface area contributed by atoms with Crippen LogP contribution in [0.4, 0.5) is 0 Å². The van der Waals surface area contributed by atoms with Crippen molar-refractivity contribution in [2.45, 2.75) is 57.4 Å². The van der Waals surface area contributed by atoms with Gasteiger partial charge in [0.1, 0.15) is 0 Å². The SMILES string of the molecule is CN(C)CC[C@H]1CCC[C@@]2(C1)C1CCC(C1)[C@H]2N. The highest BCUT2D eigenvalue weighted by atomic mass is 15.0. The Morgan fingerprint density at radius 3 is 2.72 bits per heavy atom. The monoisotopic (exact) mass is 250 g/mol. The zero-order valence-electron chi connectivity index (χ0n) is 12.2. The Morgan fingerprint density at radius 1 is 1.22 bits per heavy atom. The molecular weight excluding hydrogens is 220 g/mol. The molecule has 2 N–H and O–H groups in total. The zero-order chi connectivity index (χ0) is 12.8. The van der Waals surface area contributed by atoms with Crippen molar-refractivity contribution in [3.63, 3.8) is 0 Å². The summed E-state index contributed by atoms with van der Waals surface area (Å²) in [6.07, 6.45) is 11.5. The van der Waals surface area contributed by atoms with E-state index in [0.29, 0.717) is 11.5 Å². The minimum absolute atomic E-state index is 0.540. The van der Waals surface area contributed by atoms with E-state index in [9.17, 15) is 0 Å². The Balaban J connectivity index is 1.66. The van der Waals surface area contributed by atoms with Crippen molar-refractivity contribution in [2.75, 3.05) is 20.6 Å². The molecule has 0 heterocycles. The highest BCUT2D eigenvalue weighted by Crippen LogP contribution is 2.62. The van der Waals surface area contributed by atoms with E-state index >= 15 is 0 Å². The summed E-state index contributed by atoms with van der Waals surface area (Å²) in [5.74, 6) is 2.81. The average molecular weight is 250 g/mol. The van der Waals surface area contributed by atoms with E-state index in [2.05, 4.69) is 19.0 Å². The van der Waals surface area contributed by atoms with Gasteiger partial charge in [-0.1, -0.05) is 12.8 Å². The molecule has 2 bridgehead atoms. The number of hydrogen-bond donors (Lipinski definition) is 1. The van der Waals surface area contributed by atoms with Gasteiger partial charge in [-0.25, -0.2) is 0 Å². The number of fused-ring (bicyclic) bond motifs is 3. The summed E-state index contributed by atoms with van der Waals surface area (Å²) in [5.41, 5.74) is 7.20. The van der Waals surface area contributed by atoms with E-state index in [1.54, 1.807) is 0 Å². The largest absolute Gasteiger partial charge is 0.327 e. The summed E-state index contributed by atoms with van der Waals surface area (Å²) in [6.45, 7) is 1.25. The molecular formula is C16H30N2. The molecule has 1 spiro atoms. The molecule has 0 saturated heterocycles. The van der Waals surface area contributed by atoms with Crippen molar-refractivity contribution >= 4 is 0 Å². The van der Waals surface area contributed by atoms with E-state index in [1.165, 1.54) is 57.9 Å². The van der Waals surface area contributed by atoms with Crippen LogP contribution in [0.2, 0.25) is 0 Å². The Morgan fingerprint density at radius 2 is 2.06 bits per heavy atom. The van der Waals surface area contributed by atoms with Gasteiger partial charge in [0.25, 0.3) is 0 Å². The summed E-state index contributed by atoms with van der Waals surface area (Å²) >= 11 is 0. The van der Waals surface area contributed by atoms with Gasteiger partial charge in [-0.3, -0.25) is 0 Å². The quantitative estimate of drug-likeness (QED) is 0.834. The maximum atomic E-state index is 6.64. The van der Waals surface area contributed by atoms with E-state index in [-0.39, 0.29) is 0 Å². The minimum atomic E-state index is 0.540. The van der Waals surface area contributed by atoms with E-state index < -0.39 is 0 Å². The smallest absolute Gasteiger partial charge is 0.0127 e. The summed E-state index contributed by atoms with van der Waals surface area (Å²) in [5, 5.41) is 0. The number of rotatable bonds is 3. The van der Waals surface area contributed by atoms with Crippen LogP contribution in [0.3, 0.4) is 0 Å². The van der Waals surface area contributed by atoms with Crippen molar-refractivity contribution in [1.82, 2.24) is 4.90 Å². The molecule has 2 nitrogen and oxygen atoms in total. The summed E-state index contributed by atoms with van der Waals surface area (Å²) < 4.78 is 0. The van der Waals surface area contributed by atoms with E-state index in [0.717, 1.165) is 17.8 Å². The number of hydrogen-bond acceptors (Lipinski definition) is 2. The Bertz CT molecular complexity index is 297. The number of nitrogens with zero attached hydrogens (tertiary/aromatic N) is 1. The molecule has 0 aromatic heterocycles. The molecule has 0 aliphatic heterocycles. The fraction of sp³-hybridized carbons (Fsp3) is 1.00. The molecule has 3 saturated carbocycles. The van der Waals surface area contributed by atoms with Crippen molar-refractivity contribution < 1.29 is 0 Å². The van der Waals surface area contributed by atoms with Gasteiger partial charge in [-0.15, -0.1) is 0 Å². The molecule has 0 aromatic carbocycles. The average Bonchev–Trinajstić information content (AvgIpc) is 2.92. The Kier molecular flexibility index (Phi) is 3.44. The molecule has 0 aromatic rings. The predicted molar refractivity (Wildman–Crippen MR) is 76.4 cm³/mol. The third kappa shape index (κ3) is 2.02. The summed E-state index contributed by atoms with van der Waals surface area (Å²) in [4.78, 5) is 2.34. The molecule has 104 valence electrons. The normalized spacial score (nSPS) is 47.3. The second-order valence-corrected chi connectivity index (χ2v) is 7.58. The minimum Gasteiger partial charge on any atom is -0.327 e. The third-order valence-electron chi connectivity index (χ3n) is 6.37. The van der Waals surface area contributed by atoms with Crippen LogP contribution in [-0.4, -0.2) is 31.6 Å². The van der Waals surface area contributed by atoms with Gasteiger partial charge in [0.15, 0.2) is 0 Å². The lowest BCUT2D eigenvalue weighted by Crippen LogP contribution is -2.49. The van der Waals surface area contributed by atoms with Crippen molar-refractivity contribution in [1.29, 1.82) is 0 Å². The first-order chi connectivity index (χ1) is 8.62. The lowest BCUT2D eigenvalue weighted by atomic mass is 9.59.